The van der Waals surface area contributed by atoms with Crippen LogP contribution in [0.4, 0.5) is 0 Å². The molecule has 0 aromatic rings. The molecule has 2 N–H and O–H groups in total. The summed E-state index contributed by atoms with van der Waals surface area (Å²) >= 11 is 0. The molecule has 6 heteroatoms. The Balaban J connectivity index is 1.26. The van der Waals surface area contributed by atoms with Crippen LogP contribution in [0.25, 0.3) is 0 Å². The summed E-state index contributed by atoms with van der Waals surface area (Å²) in [6.07, 6.45) is 10.5. The van der Waals surface area contributed by atoms with Gasteiger partial charge in [-0.05, 0) is 58.3 Å². The number of nitrogens with zero attached hydrogens (tertiary/aromatic N) is 2. The number of rotatable bonds is 7. The second kappa shape index (κ2) is 9.97. The van der Waals surface area contributed by atoms with E-state index in [1.165, 1.54) is 64.6 Å². The zero-order chi connectivity index (χ0) is 20.1. The molecule has 4 rings (SSSR count). The molecule has 2 aliphatic carbocycles. The molecule has 4 aliphatic rings. The summed E-state index contributed by atoms with van der Waals surface area (Å²) in [5.41, 5.74) is 0.346. The number of guanidine groups is 1. The van der Waals surface area contributed by atoms with Gasteiger partial charge in [0.05, 0.1) is 12.7 Å². The van der Waals surface area contributed by atoms with Crippen molar-refractivity contribution in [2.75, 3.05) is 46.0 Å². The summed E-state index contributed by atoms with van der Waals surface area (Å²) in [4.78, 5) is 7.42. The normalized spacial score (nSPS) is 33.2. The van der Waals surface area contributed by atoms with Crippen LogP contribution < -0.4 is 10.6 Å². The summed E-state index contributed by atoms with van der Waals surface area (Å²) < 4.78 is 11.6. The van der Waals surface area contributed by atoms with Crippen LogP contribution in [-0.4, -0.2) is 75.0 Å². The lowest BCUT2D eigenvalue weighted by Crippen LogP contribution is -2.65. The first-order chi connectivity index (χ1) is 14.2. The predicted molar refractivity (Wildman–Crippen MR) is 117 cm³/mol. The fourth-order valence-corrected chi connectivity index (χ4v) is 6.09. The fourth-order valence-electron chi connectivity index (χ4n) is 6.09. The Hall–Kier alpha value is -0.850. The van der Waals surface area contributed by atoms with E-state index < -0.39 is 0 Å². The van der Waals surface area contributed by atoms with Gasteiger partial charge in [0.1, 0.15) is 0 Å². The molecule has 6 nitrogen and oxygen atoms in total. The Morgan fingerprint density at radius 3 is 2.59 bits per heavy atom. The summed E-state index contributed by atoms with van der Waals surface area (Å²) in [5, 5.41) is 7.59. The Labute approximate surface area is 177 Å². The van der Waals surface area contributed by atoms with Gasteiger partial charge in [0.25, 0.3) is 0 Å². The molecule has 0 aromatic heterocycles. The van der Waals surface area contributed by atoms with E-state index in [9.17, 15) is 0 Å². The van der Waals surface area contributed by atoms with Gasteiger partial charge in [0.2, 0.25) is 0 Å². The van der Waals surface area contributed by atoms with Crippen LogP contribution in [0.2, 0.25) is 0 Å². The third kappa shape index (κ3) is 4.91. The number of piperidine rings is 1. The molecule has 3 unspecified atom stereocenters. The van der Waals surface area contributed by atoms with Crippen molar-refractivity contribution in [3.8, 4) is 0 Å². The van der Waals surface area contributed by atoms with Gasteiger partial charge in [0, 0.05) is 56.9 Å². The largest absolute Gasteiger partial charge is 0.381 e. The SMILES string of the molecule is CCN=C(NC1CCN(CC2CCOC2)CC1)NC1CC(OCC)C12CCCC2. The second-order valence-corrected chi connectivity index (χ2v) is 9.59. The maximum Gasteiger partial charge on any atom is 0.191 e. The third-order valence-corrected chi connectivity index (χ3v) is 7.78. The number of likely N-dealkylation sites (tertiary alicyclic amines) is 1. The third-order valence-electron chi connectivity index (χ3n) is 7.78. The zero-order valence-corrected chi connectivity index (χ0v) is 18.6. The van der Waals surface area contributed by atoms with Crippen molar-refractivity contribution in [2.45, 2.75) is 83.4 Å². The lowest BCUT2D eigenvalue weighted by atomic mass is 9.60. The van der Waals surface area contributed by atoms with Crippen LogP contribution in [0.15, 0.2) is 4.99 Å². The first-order valence-electron chi connectivity index (χ1n) is 12.2. The minimum atomic E-state index is 0.346. The summed E-state index contributed by atoms with van der Waals surface area (Å²) in [5.74, 6) is 1.78. The van der Waals surface area contributed by atoms with Gasteiger partial charge < -0.3 is 25.0 Å². The predicted octanol–water partition coefficient (Wildman–Crippen LogP) is 2.78. The van der Waals surface area contributed by atoms with Crippen LogP contribution in [0.3, 0.4) is 0 Å². The maximum atomic E-state index is 6.09. The Morgan fingerprint density at radius 1 is 1.14 bits per heavy atom. The first kappa shape index (κ1) is 21.4. The monoisotopic (exact) mass is 406 g/mol. The first-order valence-corrected chi connectivity index (χ1v) is 12.2. The second-order valence-electron chi connectivity index (χ2n) is 9.59. The molecule has 166 valence electrons. The van der Waals surface area contributed by atoms with E-state index in [-0.39, 0.29) is 0 Å². The highest BCUT2D eigenvalue weighted by atomic mass is 16.5. The Kier molecular flexibility index (Phi) is 7.35. The zero-order valence-electron chi connectivity index (χ0n) is 18.6. The van der Waals surface area contributed by atoms with Gasteiger partial charge in [-0.1, -0.05) is 12.8 Å². The Morgan fingerprint density at radius 2 is 1.93 bits per heavy atom. The average Bonchev–Trinajstić information content (AvgIpc) is 3.42. The summed E-state index contributed by atoms with van der Waals surface area (Å²) in [6, 6.07) is 1.05. The van der Waals surface area contributed by atoms with Crippen LogP contribution in [0.5, 0.6) is 0 Å². The molecule has 29 heavy (non-hydrogen) atoms. The quantitative estimate of drug-likeness (QED) is 0.503. The molecule has 0 bridgehead atoms. The topological polar surface area (TPSA) is 58.1 Å². The highest BCUT2D eigenvalue weighted by Gasteiger charge is 2.57. The van der Waals surface area contributed by atoms with Gasteiger partial charge in [0.15, 0.2) is 5.96 Å². The molecule has 0 amide bonds. The van der Waals surface area contributed by atoms with E-state index in [2.05, 4.69) is 29.4 Å². The number of ether oxygens (including phenoxy) is 2. The fraction of sp³-hybridized carbons (Fsp3) is 0.957. The van der Waals surface area contributed by atoms with E-state index in [1.54, 1.807) is 0 Å². The molecule has 2 saturated heterocycles. The smallest absolute Gasteiger partial charge is 0.191 e. The highest BCUT2D eigenvalue weighted by molar-refractivity contribution is 5.80. The van der Waals surface area contributed by atoms with Crippen molar-refractivity contribution in [3.05, 3.63) is 0 Å². The van der Waals surface area contributed by atoms with Crippen molar-refractivity contribution in [2.24, 2.45) is 16.3 Å². The Bertz CT molecular complexity index is 535. The summed E-state index contributed by atoms with van der Waals surface area (Å²) in [7, 11) is 0. The van der Waals surface area contributed by atoms with Crippen LogP contribution in [0.1, 0.15) is 65.2 Å². The number of aliphatic imine (C=N–C) groups is 1. The van der Waals surface area contributed by atoms with E-state index in [1.807, 2.05) is 0 Å². The van der Waals surface area contributed by atoms with E-state index in [0.29, 0.717) is 23.6 Å². The van der Waals surface area contributed by atoms with Crippen molar-refractivity contribution in [1.29, 1.82) is 0 Å². The van der Waals surface area contributed by atoms with Crippen molar-refractivity contribution in [3.63, 3.8) is 0 Å². The molecular formula is C23H42N4O2. The molecule has 3 atom stereocenters. The number of nitrogens with one attached hydrogen (secondary N) is 2. The lowest BCUT2D eigenvalue weighted by Gasteiger charge is -2.54. The number of hydrogen-bond acceptors (Lipinski definition) is 4. The molecule has 0 aromatic carbocycles. The minimum Gasteiger partial charge on any atom is -0.381 e. The van der Waals surface area contributed by atoms with Gasteiger partial charge in [-0.2, -0.15) is 0 Å². The van der Waals surface area contributed by atoms with Gasteiger partial charge in [-0.25, -0.2) is 0 Å². The molecule has 4 fully saturated rings. The average molecular weight is 407 g/mol. The van der Waals surface area contributed by atoms with Gasteiger partial charge in [-0.15, -0.1) is 0 Å². The van der Waals surface area contributed by atoms with E-state index in [4.69, 9.17) is 14.5 Å². The van der Waals surface area contributed by atoms with Crippen molar-refractivity contribution < 1.29 is 9.47 Å². The highest BCUT2D eigenvalue weighted by Crippen LogP contribution is 2.54. The molecule has 0 radical (unpaired) electrons. The molecular weight excluding hydrogens is 364 g/mol. The minimum absolute atomic E-state index is 0.346. The lowest BCUT2D eigenvalue weighted by molar-refractivity contribution is -0.125. The van der Waals surface area contributed by atoms with Crippen LogP contribution in [-0.2, 0) is 9.47 Å². The van der Waals surface area contributed by atoms with Crippen molar-refractivity contribution >= 4 is 5.96 Å². The molecule has 2 heterocycles. The van der Waals surface area contributed by atoms with Gasteiger partial charge >= 0.3 is 0 Å². The van der Waals surface area contributed by atoms with Crippen molar-refractivity contribution in [1.82, 2.24) is 15.5 Å². The maximum absolute atomic E-state index is 6.09. The molecule has 1 spiro atoms. The van der Waals surface area contributed by atoms with Gasteiger partial charge in [-0.3, -0.25) is 4.99 Å². The van der Waals surface area contributed by atoms with E-state index >= 15 is 0 Å². The van der Waals surface area contributed by atoms with E-state index in [0.717, 1.165) is 44.7 Å². The van der Waals surface area contributed by atoms with Crippen LogP contribution >= 0.6 is 0 Å². The summed E-state index contributed by atoms with van der Waals surface area (Å²) in [6.45, 7) is 11.4. The standard InChI is InChI=1S/C23H42N4O2/c1-3-24-22(26-20-15-21(29-4-2)23(20)10-5-6-11-23)25-19-7-12-27(13-8-19)16-18-9-14-28-17-18/h18-21H,3-17H2,1-2H3,(H2,24,25,26). The van der Waals surface area contributed by atoms with Crippen LogP contribution in [0, 0.1) is 11.3 Å². The number of hydrogen-bond donors (Lipinski definition) is 2. The molecule has 2 aliphatic heterocycles. The molecule has 2 saturated carbocycles.